The Kier molecular flexibility index (Phi) is 4.32. The SMILES string of the molecule is Cc1ccc(NC(=O)CCc2c(C)nc[nH]c2=O)c(=O)[nH]1. The van der Waals surface area contributed by atoms with Crippen LogP contribution >= 0.6 is 0 Å². The third kappa shape index (κ3) is 3.65. The molecule has 0 aromatic carbocycles. The molecule has 1 amide bonds. The average Bonchev–Trinajstić information content (AvgIpc) is 2.41. The summed E-state index contributed by atoms with van der Waals surface area (Å²) in [5.74, 6) is -0.327. The maximum Gasteiger partial charge on any atom is 0.271 e. The zero-order chi connectivity index (χ0) is 15.4. The van der Waals surface area contributed by atoms with Crippen LogP contribution in [-0.4, -0.2) is 20.9 Å². The van der Waals surface area contributed by atoms with Crippen LogP contribution in [0.4, 0.5) is 5.69 Å². The van der Waals surface area contributed by atoms with Crippen LogP contribution in [0.2, 0.25) is 0 Å². The van der Waals surface area contributed by atoms with E-state index in [2.05, 4.69) is 20.3 Å². The number of anilines is 1. The Balaban J connectivity index is 2.03. The molecule has 0 aliphatic heterocycles. The molecule has 0 atom stereocenters. The summed E-state index contributed by atoms with van der Waals surface area (Å²) in [5, 5.41) is 2.53. The summed E-state index contributed by atoms with van der Waals surface area (Å²) < 4.78 is 0. The zero-order valence-electron chi connectivity index (χ0n) is 11.8. The highest BCUT2D eigenvalue weighted by molar-refractivity contribution is 5.90. The summed E-state index contributed by atoms with van der Waals surface area (Å²) >= 11 is 0. The highest BCUT2D eigenvalue weighted by atomic mass is 16.2. The Morgan fingerprint density at radius 2 is 2.00 bits per heavy atom. The van der Waals surface area contributed by atoms with Crippen LogP contribution in [0.5, 0.6) is 0 Å². The van der Waals surface area contributed by atoms with E-state index in [1.807, 2.05) is 0 Å². The number of aromatic amines is 2. The molecule has 2 aromatic heterocycles. The molecule has 110 valence electrons. The van der Waals surface area contributed by atoms with E-state index < -0.39 is 0 Å². The van der Waals surface area contributed by atoms with Crippen molar-refractivity contribution in [2.75, 3.05) is 5.32 Å². The molecule has 2 heterocycles. The number of amides is 1. The minimum Gasteiger partial charge on any atom is -0.325 e. The second-order valence-corrected chi connectivity index (χ2v) is 4.73. The summed E-state index contributed by atoms with van der Waals surface area (Å²) in [5.41, 5.74) is 1.39. The van der Waals surface area contributed by atoms with Gasteiger partial charge in [-0.15, -0.1) is 0 Å². The van der Waals surface area contributed by atoms with Gasteiger partial charge in [-0.05, 0) is 32.4 Å². The number of aromatic nitrogens is 3. The van der Waals surface area contributed by atoms with Crippen molar-refractivity contribution in [3.8, 4) is 0 Å². The normalized spacial score (nSPS) is 10.4. The summed E-state index contributed by atoms with van der Waals surface area (Å²) in [6.45, 7) is 3.47. The minimum atomic E-state index is -0.348. The summed E-state index contributed by atoms with van der Waals surface area (Å²) in [7, 11) is 0. The summed E-state index contributed by atoms with van der Waals surface area (Å²) in [4.78, 5) is 44.2. The molecule has 0 saturated carbocycles. The van der Waals surface area contributed by atoms with E-state index in [1.54, 1.807) is 26.0 Å². The maximum atomic E-state index is 11.8. The number of aryl methyl sites for hydroxylation is 2. The van der Waals surface area contributed by atoms with Gasteiger partial charge in [0, 0.05) is 23.4 Å². The number of carbonyl (C=O) groups excluding carboxylic acids is 1. The number of pyridine rings is 1. The fourth-order valence-corrected chi connectivity index (χ4v) is 1.93. The fourth-order valence-electron chi connectivity index (χ4n) is 1.93. The smallest absolute Gasteiger partial charge is 0.271 e. The molecule has 0 fully saturated rings. The van der Waals surface area contributed by atoms with Gasteiger partial charge in [-0.25, -0.2) is 4.98 Å². The number of rotatable bonds is 4. The molecule has 0 aliphatic carbocycles. The number of hydrogen-bond acceptors (Lipinski definition) is 4. The van der Waals surface area contributed by atoms with E-state index >= 15 is 0 Å². The van der Waals surface area contributed by atoms with E-state index in [0.717, 1.165) is 5.69 Å². The highest BCUT2D eigenvalue weighted by Crippen LogP contribution is 2.04. The molecular weight excluding hydrogens is 272 g/mol. The van der Waals surface area contributed by atoms with Gasteiger partial charge in [-0.2, -0.15) is 0 Å². The molecule has 2 aromatic rings. The van der Waals surface area contributed by atoms with E-state index in [0.29, 0.717) is 11.3 Å². The molecule has 0 saturated heterocycles. The van der Waals surface area contributed by atoms with E-state index in [1.165, 1.54) is 6.33 Å². The second kappa shape index (κ2) is 6.17. The van der Waals surface area contributed by atoms with Crippen LogP contribution in [0, 0.1) is 13.8 Å². The lowest BCUT2D eigenvalue weighted by Crippen LogP contribution is -2.22. The van der Waals surface area contributed by atoms with Crippen molar-refractivity contribution >= 4 is 11.6 Å². The van der Waals surface area contributed by atoms with Crippen molar-refractivity contribution in [3.63, 3.8) is 0 Å². The van der Waals surface area contributed by atoms with Crippen LogP contribution in [-0.2, 0) is 11.2 Å². The number of carbonyl (C=O) groups is 1. The lowest BCUT2D eigenvalue weighted by Gasteiger charge is -2.05. The van der Waals surface area contributed by atoms with Crippen LogP contribution in [0.25, 0.3) is 0 Å². The minimum absolute atomic E-state index is 0.100. The molecule has 7 nitrogen and oxygen atoms in total. The van der Waals surface area contributed by atoms with Crippen LogP contribution in [0.15, 0.2) is 28.0 Å². The largest absolute Gasteiger partial charge is 0.325 e. The number of nitrogens with zero attached hydrogens (tertiary/aromatic N) is 1. The molecule has 2 rings (SSSR count). The van der Waals surface area contributed by atoms with Gasteiger partial charge in [0.2, 0.25) is 5.91 Å². The molecule has 21 heavy (non-hydrogen) atoms. The second-order valence-electron chi connectivity index (χ2n) is 4.73. The molecular formula is C14H16N4O3. The molecule has 0 unspecified atom stereocenters. The molecule has 0 bridgehead atoms. The molecule has 0 spiro atoms. The van der Waals surface area contributed by atoms with Gasteiger partial charge in [0.1, 0.15) is 5.69 Å². The van der Waals surface area contributed by atoms with E-state index in [9.17, 15) is 14.4 Å². The first-order valence-corrected chi connectivity index (χ1v) is 6.50. The van der Waals surface area contributed by atoms with Crippen molar-refractivity contribution in [1.29, 1.82) is 0 Å². The molecule has 0 aliphatic rings. The average molecular weight is 288 g/mol. The van der Waals surface area contributed by atoms with Crippen LogP contribution < -0.4 is 16.4 Å². The lowest BCUT2D eigenvalue weighted by molar-refractivity contribution is -0.116. The van der Waals surface area contributed by atoms with Gasteiger partial charge in [-0.1, -0.05) is 0 Å². The quantitative estimate of drug-likeness (QED) is 0.767. The third-order valence-electron chi connectivity index (χ3n) is 3.10. The van der Waals surface area contributed by atoms with Crippen molar-refractivity contribution in [1.82, 2.24) is 15.0 Å². The predicted molar refractivity (Wildman–Crippen MR) is 78.3 cm³/mol. The number of nitrogens with one attached hydrogen (secondary N) is 3. The molecule has 0 radical (unpaired) electrons. The molecule has 3 N–H and O–H groups in total. The van der Waals surface area contributed by atoms with Crippen LogP contribution in [0.3, 0.4) is 0 Å². The fraction of sp³-hybridized carbons (Fsp3) is 0.286. The van der Waals surface area contributed by atoms with Gasteiger partial charge in [0.05, 0.1) is 6.33 Å². The Bertz CT molecular complexity index is 776. The first-order chi connectivity index (χ1) is 9.97. The van der Waals surface area contributed by atoms with Crippen molar-refractivity contribution in [2.45, 2.75) is 26.7 Å². The molecule has 7 heteroatoms. The Morgan fingerprint density at radius 1 is 1.24 bits per heavy atom. The van der Waals surface area contributed by atoms with Crippen molar-refractivity contribution in [3.05, 3.63) is 56.1 Å². The van der Waals surface area contributed by atoms with Crippen molar-refractivity contribution in [2.24, 2.45) is 0 Å². The predicted octanol–water partition coefficient (Wildman–Crippen LogP) is 0.646. The topological polar surface area (TPSA) is 108 Å². The Labute approximate surface area is 120 Å². The lowest BCUT2D eigenvalue weighted by atomic mass is 10.1. The van der Waals surface area contributed by atoms with Crippen molar-refractivity contribution < 1.29 is 4.79 Å². The summed E-state index contributed by atoms with van der Waals surface area (Å²) in [6.07, 6.45) is 1.70. The monoisotopic (exact) mass is 288 g/mol. The summed E-state index contributed by atoms with van der Waals surface area (Å²) in [6, 6.07) is 3.25. The van der Waals surface area contributed by atoms with Gasteiger partial charge >= 0.3 is 0 Å². The highest BCUT2D eigenvalue weighted by Gasteiger charge is 2.10. The zero-order valence-corrected chi connectivity index (χ0v) is 11.8. The van der Waals surface area contributed by atoms with Crippen LogP contribution in [0.1, 0.15) is 23.4 Å². The van der Waals surface area contributed by atoms with Gasteiger partial charge in [0.25, 0.3) is 11.1 Å². The van der Waals surface area contributed by atoms with E-state index in [4.69, 9.17) is 0 Å². The van der Waals surface area contributed by atoms with Gasteiger partial charge in [0.15, 0.2) is 0 Å². The third-order valence-corrected chi connectivity index (χ3v) is 3.10. The maximum absolute atomic E-state index is 11.8. The first kappa shape index (κ1) is 14.7. The number of hydrogen-bond donors (Lipinski definition) is 3. The first-order valence-electron chi connectivity index (χ1n) is 6.50. The Morgan fingerprint density at radius 3 is 2.67 bits per heavy atom. The van der Waals surface area contributed by atoms with E-state index in [-0.39, 0.29) is 35.6 Å². The van der Waals surface area contributed by atoms with Gasteiger partial charge < -0.3 is 15.3 Å². The number of H-pyrrole nitrogens is 2. The van der Waals surface area contributed by atoms with Gasteiger partial charge in [-0.3, -0.25) is 14.4 Å². The standard InChI is InChI=1S/C14H16N4O3/c1-8-3-5-11(14(21)17-8)18-12(19)6-4-10-9(2)15-7-16-13(10)20/h3,5,7H,4,6H2,1-2H3,(H,17,21)(H,18,19)(H,15,16,20). The Hall–Kier alpha value is -2.70.